The van der Waals surface area contributed by atoms with Crippen LogP contribution in [0.3, 0.4) is 0 Å². The Morgan fingerprint density at radius 1 is 1.44 bits per heavy atom. The van der Waals surface area contributed by atoms with Crippen LogP contribution in [-0.4, -0.2) is 35.2 Å². The average Bonchev–Trinajstić information content (AvgIpc) is 2.14. The molecule has 0 saturated carbocycles. The van der Waals surface area contributed by atoms with Crippen LogP contribution < -0.4 is 5.32 Å². The number of imide groups is 1. The van der Waals surface area contributed by atoms with E-state index in [9.17, 15) is 14.4 Å². The predicted octanol–water partition coefficient (Wildman–Crippen LogP) is 0.296. The van der Waals surface area contributed by atoms with Crippen molar-refractivity contribution in [2.45, 2.75) is 40.2 Å². The summed E-state index contributed by atoms with van der Waals surface area (Å²) in [4.78, 5) is 36.3. The molecule has 1 heterocycles. The zero-order valence-electron chi connectivity index (χ0n) is 10.2. The molecular formula is C11H18N2O3. The molecule has 1 unspecified atom stereocenters. The number of carbonyl (C=O) groups excluding carboxylic acids is 3. The second-order valence-electron chi connectivity index (χ2n) is 5.02. The smallest absolute Gasteiger partial charge is 0.249 e. The number of nitrogens with one attached hydrogen (secondary N) is 1. The predicted molar refractivity (Wildman–Crippen MR) is 58.4 cm³/mol. The Balaban J connectivity index is 2.95. The van der Waals surface area contributed by atoms with Gasteiger partial charge in [-0.25, -0.2) is 0 Å². The number of piperazine rings is 1. The number of rotatable bonds is 1. The van der Waals surface area contributed by atoms with E-state index in [0.717, 1.165) is 0 Å². The van der Waals surface area contributed by atoms with E-state index in [1.165, 1.54) is 4.90 Å². The molecule has 1 rings (SSSR count). The average molecular weight is 226 g/mol. The zero-order valence-corrected chi connectivity index (χ0v) is 10.2. The minimum Gasteiger partial charge on any atom is -0.321 e. The molecule has 1 fully saturated rings. The van der Waals surface area contributed by atoms with E-state index in [1.807, 2.05) is 6.92 Å². The molecule has 1 aliphatic rings. The molecule has 1 N–H and O–H groups in total. The lowest BCUT2D eigenvalue weighted by molar-refractivity contribution is -0.154. The SMILES string of the molecule is CCC1C(=O)NC(=O)CN1C(=O)C(C)(C)C. The standard InChI is InChI=1S/C11H18N2O3/c1-5-7-9(15)12-8(14)6-13(7)10(16)11(2,3)4/h7H,5-6H2,1-4H3,(H,12,14,15). The minimum absolute atomic E-state index is 0.0274. The fourth-order valence-electron chi connectivity index (χ4n) is 1.72. The molecule has 0 aromatic heterocycles. The fourth-order valence-corrected chi connectivity index (χ4v) is 1.72. The van der Waals surface area contributed by atoms with Crippen molar-refractivity contribution in [2.24, 2.45) is 5.41 Å². The summed E-state index contributed by atoms with van der Waals surface area (Å²) in [5.74, 6) is -0.953. The zero-order chi connectivity index (χ0) is 12.5. The number of hydrogen-bond acceptors (Lipinski definition) is 3. The van der Waals surface area contributed by atoms with Crippen molar-refractivity contribution >= 4 is 17.7 Å². The van der Waals surface area contributed by atoms with Crippen LogP contribution >= 0.6 is 0 Å². The van der Waals surface area contributed by atoms with Gasteiger partial charge in [0.25, 0.3) is 0 Å². The first-order chi connectivity index (χ1) is 7.27. The molecule has 0 aromatic rings. The lowest BCUT2D eigenvalue weighted by atomic mass is 9.93. The lowest BCUT2D eigenvalue weighted by Crippen LogP contribution is -2.61. The first-order valence-corrected chi connectivity index (χ1v) is 5.42. The van der Waals surface area contributed by atoms with Gasteiger partial charge in [0.05, 0.1) is 0 Å². The van der Waals surface area contributed by atoms with Gasteiger partial charge in [0.2, 0.25) is 17.7 Å². The Kier molecular flexibility index (Phi) is 3.35. The minimum atomic E-state index is -0.578. The number of hydrogen-bond donors (Lipinski definition) is 1. The highest BCUT2D eigenvalue weighted by atomic mass is 16.2. The first-order valence-electron chi connectivity index (χ1n) is 5.42. The highest BCUT2D eigenvalue weighted by molar-refractivity contribution is 6.04. The molecule has 0 spiro atoms. The summed E-state index contributed by atoms with van der Waals surface area (Å²) < 4.78 is 0. The summed E-state index contributed by atoms with van der Waals surface area (Å²) >= 11 is 0. The lowest BCUT2D eigenvalue weighted by Gasteiger charge is -2.37. The maximum Gasteiger partial charge on any atom is 0.249 e. The van der Waals surface area contributed by atoms with Gasteiger partial charge < -0.3 is 4.90 Å². The van der Waals surface area contributed by atoms with Crippen molar-refractivity contribution in [1.29, 1.82) is 0 Å². The summed E-state index contributed by atoms with van der Waals surface area (Å²) in [6.07, 6.45) is 0.515. The molecular weight excluding hydrogens is 208 g/mol. The van der Waals surface area contributed by atoms with E-state index in [-0.39, 0.29) is 18.4 Å². The molecule has 0 aliphatic carbocycles. The van der Waals surface area contributed by atoms with Gasteiger partial charge in [0, 0.05) is 5.41 Å². The van der Waals surface area contributed by atoms with Gasteiger partial charge in [-0.1, -0.05) is 27.7 Å². The quantitative estimate of drug-likeness (QED) is 0.654. The summed E-state index contributed by atoms with van der Waals surface area (Å²) in [5, 5.41) is 2.24. The van der Waals surface area contributed by atoms with E-state index in [4.69, 9.17) is 0 Å². The van der Waals surface area contributed by atoms with E-state index in [1.54, 1.807) is 20.8 Å². The van der Waals surface area contributed by atoms with Crippen LogP contribution in [0.2, 0.25) is 0 Å². The molecule has 0 radical (unpaired) electrons. The van der Waals surface area contributed by atoms with Gasteiger partial charge in [-0.2, -0.15) is 0 Å². The van der Waals surface area contributed by atoms with Crippen LogP contribution in [0.4, 0.5) is 0 Å². The highest BCUT2D eigenvalue weighted by Gasteiger charge is 2.39. The van der Waals surface area contributed by atoms with Gasteiger partial charge in [-0.3, -0.25) is 19.7 Å². The normalized spacial score (nSPS) is 22.0. The Labute approximate surface area is 95.2 Å². The summed E-state index contributed by atoms with van der Waals surface area (Å²) in [7, 11) is 0. The van der Waals surface area contributed by atoms with E-state index >= 15 is 0 Å². The van der Waals surface area contributed by atoms with Crippen molar-refractivity contribution in [3.05, 3.63) is 0 Å². The van der Waals surface area contributed by atoms with Crippen molar-refractivity contribution in [3.63, 3.8) is 0 Å². The number of carbonyl (C=O) groups is 3. The molecule has 5 nitrogen and oxygen atoms in total. The largest absolute Gasteiger partial charge is 0.321 e. The summed E-state index contributed by atoms with van der Waals surface area (Å²) in [5.41, 5.74) is -0.578. The maximum absolute atomic E-state index is 12.1. The molecule has 1 atom stereocenters. The summed E-state index contributed by atoms with van der Waals surface area (Å²) in [6.45, 7) is 7.13. The third kappa shape index (κ3) is 2.40. The van der Waals surface area contributed by atoms with Crippen LogP contribution in [0.15, 0.2) is 0 Å². The Morgan fingerprint density at radius 3 is 2.44 bits per heavy atom. The molecule has 16 heavy (non-hydrogen) atoms. The van der Waals surface area contributed by atoms with Crippen molar-refractivity contribution < 1.29 is 14.4 Å². The molecule has 3 amide bonds. The van der Waals surface area contributed by atoms with Gasteiger partial charge in [-0.05, 0) is 6.42 Å². The second-order valence-corrected chi connectivity index (χ2v) is 5.02. The van der Waals surface area contributed by atoms with Gasteiger partial charge in [-0.15, -0.1) is 0 Å². The molecule has 5 heteroatoms. The van der Waals surface area contributed by atoms with Crippen molar-refractivity contribution in [3.8, 4) is 0 Å². The molecule has 1 saturated heterocycles. The molecule has 1 aliphatic heterocycles. The number of amides is 3. The van der Waals surface area contributed by atoms with Gasteiger partial charge in [0.1, 0.15) is 12.6 Å². The van der Waals surface area contributed by atoms with Crippen LogP contribution in [-0.2, 0) is 14.4 Å². The topological polar surface area (TPSA) is 66.5 Å². The Hall–Kier alpha value is -1.39. The number of nitrogens with zero attached hydrogens (tertiary/aromatic N) is 1. The second kappa shape index (κ2) is 4.23. The molecule has 0 bridgehead atoms. The van der Waals surface area contributed by atoms with Crippen LogP contribution in [0.5, 0.6) is 0 Å². The first kappa shape index (κ1) is 12.7. The highest BCUT2D eigenvalue weighted by Crippen LogP contribution is 2.21. The monoisotopic (exact) mass is 226 g/mol. The maximum atomic E-state index is 12.1. The third-order valence-corrected chi connectivity index (χ3v) is 2.54. The molecule has 90 valence electrons. The van der Waals surface area contributed by atoms with Gasteiger partial charge in [0.15, 0.2) is 0 Å². The van der Waals surface area contributed by atoms with Crippen LogP contribution in [0.1, 0.15) is 34.1 Å². The van der Waals surface area contributed by atoms with Gasteiger partial charge >= 0.3 is 0 Å². The van der Waals surface area contributed by atoms with Crippen molar-refractivity contribution in [2.75, 3.05) is 6.54 Å². The summed E-state index contributed by atoms with van der Waals surface area (Å²) in [6, 6.07) is -0.524. The molecule has 0 aromatic carbocycles. The van der Waals surface area contributed by atoms with Crippen molar-refractivity contribution in [1.82, 2.24) is 10.2 Å². The van der Waals surface area contributed by atoms with Crippen LogP contribution in [0, 0.1) is 5.41 Å². The van der Waals surface area contributed by atoms with Crippen LogP contribution in [0.25, 0.3) is 0 Å². The Morgan fingerprint density at radius 2 is 2.00 bits per heavy atom. The van der Waals surface area contributed by atoms with E-state index in [2.05, 4.69) is 5.32 Å². The van der Waals surface area contributed by atoms with E-state index < -0.39 is 17.4 Å². The van der Waals surface area contributed by atoms with E-state index in [0.29, 0.717) is 6.42 Å². The Bertz CT molecular complexity index is 331. The fraction of sp³-hybridized carbons (Fsp3) is 0.727. The third-order valence-electron chi connectivity index (χ3n) is 2.54.